The van der Waals surface area contributed by atoms with E-state index in [1.165, 1.54) is 0 Å². The van der Waals surface area contributed by atoms with Gasteiger partial charge in [-0.2, -0.15) is 0 Å². The number of nitrogens with two attached hydrogens (primary N) is 1. The molecule has 2 heterocycles. The van der Waals surface area contributed by atoms with Gasteiger partial charge in [-0.15, -0.1) is 0 Å². The molecule has 2 saturated heterocycles. The van der Waals surface area contributed by atoms with Crippen LogP contribution in [0.4, 0.5) is 4.79 Å². The van der Waals surface area contributed by atoms with Gasteiger partial charge in [0.2, 0.25) is 5.91 Å². The van der Waals surface area contributed by atoms with Gasteiger partial charge in [0.25, 0.3) is 0 Å². The smallest absolute Gasteiger partial charge is 0.317 e. The molecular formula is C14H24N4O2. The molecule has 20 heavy (non-hydrogen) atoms. The highest BCUT2D eigenvalue weighted by Crippen LogP contribution is 2.39. The average Bonchev–Trinajstić information content (AvgIpc) is 3.22. The predicted octanol–water partition coefficient (Wildman–Crippen LogP) is 0.130. The summed E-state index contributed by atoms with van der Waals surface area (Å²) in [5.41, 5.74) is 5.51. The van der Waals surface area contributed by atoms with E-state index in [0.717, 1.165) is 38.8 Å². The zero-order valence-electron chi connectivity index (χ0n) is 12.1. The minimum absolute atomic E-state index is 0.0384. The van der Waals surface area contributed by atoms with Gasteiger partial charge in [-0.1, -0.05) is 0 Å². The highest BCUT2D eigenvalue weighted by Gasteiger charge is 2.46. The maximum absolute atomic E-state index is 12.5. The molecule has 1 saturated carbocycles. The predicted molar refractivity (Wildman–Crippen MR) is 75.0 cm³/mol. The van der Waals surface area contributed by atoms with Gasteiger partial charge in [0, 0.05) is 32.2 Å². The van der Waals surface area contributed by atoms with Gasteiger partial charge >= 0.3 is 6.03 Å². The molecule has 6 nitrogen and oxygen atoms in total. The molecule has 3 aliphatic rings. The first kappa shape index (κ1) is 13.7. The molecule has 1 aliphatic carbocycles. The first-order chi connectivity index (χ1) is 9.50. The molecule has 112 valence electrons. The van der Waals surface area contributed by atoms with Crippen LogP contribution in [-0.2, 0) is 4.79 Å². The highest BCUT2D eigenvalue weighted by molar-refractivity contribution is 5.86. The van der Waals surface area contributed by atoms with Crippen molar-refractivity contribution in [3.8, 4) is 0 Å². The second-order valence-corrected chi connectivity index (χ2v) is 6.51. The Morgan fingerprint density at radius 2 is 1.90 bits per heavy atom. The number of urea groups is 1. The van der Waals surface area contributed by atoms with E-state index in [0.29, 0.717) is 19.0 Å². The van der Waals surface area contributed by atoms with Gasteiger partial charge in [-0.3, -0.25) is 4.79 Å². The Bertz CT molecular complexity index is 411. The van der Waals surface area contributed by atoms with Gasteiger partial charge < -0.3 is 20.9 Å². The summed E-state index contributed by atoms with van der Waals surface area (Å²) in [7, 11) is 0. The summed E-state index contributed by atoms with van der Waals surface area (Å²) >= 11 is 0. The van der Waals surface area contributed by atoms with Gasteiger partial charge in [0.1, 0.15) is 0 Å². The normalized spacial score (nSPS) is 27.4. The number of nitrogens with one attached hydrogen (secondary N) is 1. The summed E-state index contributed by atoms with van der Waals surface area (Å²) < 4.78 is 0. The second kappa shape index (κ2) is 4.91. The quantitative estimate of drug-likeness (QED) is 0.771. The van der Waals surface area contributed by atoms with Crippen LogP contribution >= 0.6 is 0 Å². The zero-order chi connectivity index (χ0) is 14.3. The molecule has 3 fully saturated rings. The maximum Gasteiger partial charge on any atom is 0.317 e. The number of rotatable bonds is 3. The summed E-state index contributed by atoms with van der Waals surface area (Å²) in [6.45, 7) is 4.82. The molecule has 2 aliphatic heterocycles. The Morgan fingerprint density at radius 3 is 2.40 bits per heavy atom. The Kier molecular flexibility index (Phi) is 3.36. The number of carbonyl (C=O) groups is 2. The van der Waals surface area contributed by atoms with Crippen molar-refractivity contribution < 1.29 is 9.59 Å². The number of piperidine rings is 1. The summed E-state index contributed by atoms with van der Waals surface area (Å²) in [6, 6.07) is 0.308. The fourth-order valence-electron chi connectivity index (χ4n) is 3.41. The van der Waals surface area contributed by atoms with Gasteiger partial charge in [0.15, 0.2) is 0 Å². The number of hydrogen-bond acceptors (Lipinski definition) is 3. The monoisotopic (exact) mass is 280 g/mol. The molecule has 0 spiro atoms. The average molecular weight is 280 g/mol. The number of nitrogens with zero attached hydrogens (tertiary/aromatic N) is 2. The lowest BCUT2D eigenvalue weighted by Gasteiger charge is -2.39. The Labute approximate surface area is 119 Å². The van der Waals surface area contributed by atoms with E-state index < -0.39 is 5.54 Å². The lowest BCUT2D eigenvalue weighted by molar-refractivity contribution is -0.138. The van der Waals surface area contributed by atoms with Gasteiger partial charge in [-0.05, 0) is 38.5 Å². The summed E-state index contributed by atoms with van der Waals surface area (Å²) in [5.74, 6) is 0.446. The standard InChI is InChI=1S/C14H24N4O2/c1-14(15,10-2-3-10)12(19)17-7-4-11(5-8-17)18-9-6-16-13(18)20/h10-11H,2-9,15H2,1H3,(H,16,20). The molecule has 3 amide bonds. The molecule has 0 aromatic carbocycles. The van der Waals surface area contributed by atoms with Crippen LogP contribution in [0.2, 0.25) is 0 Å². The molecule has 6 heteroatoms. The van der Waals surface area contributed by atoms with Crippen molar-refractivity contribution in [1.29, 1.82) is 0 Å². The first-order valence-corrected chi connectivity index (χ1v) is 7.63. The minimum Gasteiger partial charge on any atom is -0.341 e. The van der Waals surface area contributed by atoms with Crippen molar-refractivity contribution in [2.24, 2.45) is 11.7 Å². The van der Waals surface area contributed by atoms with Crippen molar-refractivity contribution in [2.45, 2.75) is 44.2 Å². The van der Waals surface area contributed by atoms with Crippen molar-refractivity contribution in [3.63, 3.8) is 0 Å². The lowest BCUT2D eigenvalue weighted by atomic mass is 9.93. The molecule has 0 bridgehead atoms. The van der Waals surface area contributed by atoms with Crippen LogP contribution in [0.1, 0.15) is 32.6 Å². The molecule has 1 atom stereocenters. The van der Waals surface area contributed by atoms with Crippen LogP contribution in [0.25, 0.3) is 0 Å². The molecule has 0 radical (unpaired) electrons. The van der Waals surface area contributed by atoms with Crippen LogP contribution in [0.3, 0.4) is 0 Å². The van der Waals surface area contributed by atoms with Crippen LogP contribution in [-0.4, -0.2) is 59.5 Å². The SMILES string of the molecule is CC(N)(C(=O)N1CCC(N2CCNC2=O)CC1)C1CC1. The van der Waals surface area contributed by atoms with Crippen molar-refractivity contribution in [1.82, 2.24) is 15.1 Å². The highest BCUT2D eigenvalue weighted by atomic mass is 16.2. The largest absolute Gasteiger partial charge is 0.341 e. The molecule has 1 unspecified atom stereocenters. The third-order valence-electron chi connectivity index (χ3n) is 4.97. The third-order valence-corrected chi connectivity index (χ3v) is 4.97. The Balaban J connectivity index is 1.55. The van der Waals surface area contributed by atoms with Gasteiger partial charge in [0.05, 0.1) is 5.54 Å². The van der Waals surface area contributed by atoms with E-state index in [1.807, 2.05) is 16.7 Å². The van der Waals surface area contributed by atoms with Crippen molar-refractivity contribution >= 4 is 11.9 Å². The topological polar surface area (TPSA) is 78.7 Å². The van der Waals surface area contributed by atoms with E-state index >= 15 is 0 Å². The molecule has 0 aromatic heterocycles. The number of carbonyl (C=O) groups excluding carboxylic acids is 2. The molecule has 0 aromatic rings. The van der Waals surface area contributed by atoms with Crippen LogP contribution in [0, 0.1) is 5.92 Å². The maximum atomic E-state index is 12.5. The van der Waals surface area contributed by atoms with E-state index in [2.05, 4.69) is 5.32 Å². The number of likely N-dealkylation sites (tertiary alicyclic amines) is 1. The van der Waals surface area contributed by atoms with Crippen LogP contribution in [0.15, 0.2) is 0 Å². The Morgan fingerprint density at radius 1 is 1.25 bits per heavy atom. The summed E-state index contributed by atoms with van der Waals surface area (Å²) in [4.78, 5) is 28.0. The Hall–Kier alpha value is -1.30. The van der Waals surface area contributed by atoms with E-state index in [-0.39, 0.29) is 18.0 Å². The van der Waals surface area contributed by atoms with Crippen molar-refractivity contribution in [3.05, 3.63) is 0 Å². The fourth-order valence-corrected chi connectivity index (χ4v) is 3.41. The minimum atomic E-state index is -0.697. The molecule has 3 N–H and O–H groups in total. The molecular weight excluding hydrogens is 256 g/mol. The second-order valence-electron chi connectivity index (χ2n) is 6.51. The zero-order valence-corrected chi connectivity index (χ0v) is 12.1. The van der Waals surface area contributed by atoms with E-state index in [9.17, 15) is 9.59 Å². The van der Waals surface area contributed by atoms with E-state index in [4.69, 9.17) is 5.73 Å². The van der Waals surface area contributed by atoms with Crippen LogP contribution < -0.4 is 11.1 Å². The lowest BCUT2D eigenvalue weighted by Crippen LogP contribution is -2.57. The fraction of sp³-hybridized carbons (Fsp3) is 0.857. The van der Waals surface area contributed by atoms with Crippen LogP contribution in [0.5, 0.6) is 0 Å². The van der Waals surface area contributed by atoms with Gasteiger partial charge in [-0.25, -0.2) is 4.79 Å². The summed E-state index contributed by atoms with van der Waals surface area (Å²) in [5, 5.41) is 2.83. The number of hydrogen-bond donors (Lipinski definition) is 2. The third kappa shape index (κ3) is 2.37. The molecule has 3 rings (SSSR count). The van der Waals surface area contributed by atoms with Crippen molar-refractivity contribution in [2.75, 3.05) is 26.2 Å². The van der Waals surface area contributed by atoms with E-state index in [1.54, 1.807) is 0 Å². The summed E-state index contributed by atoms with van der Waals surface area (Å²) in [6.07, 6.45) is 3.87. The first-order valence-electron chi connectivity index (χ1n) is 7.63. The number of amides is 3.